The maximum Gasteiger partial charge on any atom is 0.407 e. The zero-order valence-corrected chi connectivity index (χ0v) is 20.3. The summed E-state index contributed by atoms with van der Waals surface area (Å²) >= 11 is 0. The van der Waals surface area contributed by atoms with Crippen LogP contribution in [0, 0.1) is 5.92 Å². The highest BCUT2D eigenvalue weighted by molar-refractivity contribution is 5.81. The van der Waals surface area contributed by atoms with Gasteiger partial charge in [0, 0.05) is 0 Å². The monoisotopic (exact) mass is 427 g/mol. The largest absolute Gasteiger partial charge is 0.464 e. The van der Waals surface area contributed by atoms with E-state index in [2.05, 4.69) is 12.2 Å². The Morgan fingerprint density at radius 2 is 1.17 bits per heavy atom. The fourth-order valence-corrected chi connectivity index (χ4v) is 3.41. The summed E-state index contributed by atoms with van der Waals surface area (Å²) in [4.78, 5) is 24.2. The molecule has 0 radical (unpaired) electrons. The van der Waals surface area contributed by atoms with E-state index in [9.17, 15) is 9.59 Å². The van der Waals surface area contributed by atoms with Crippen LogP contribution in [-0.2, 0) is 14.3 Å². The molecular formula is C25H49NO4. The van der Waals surface area contributed by atoms with Crippen LogP contribution in [0.2, 0.25) is 0 Å². The lowest BCUT2D eigenvalue weighted by molar-refractivity contribution is -0.147. The van der Waals surface area contributed by atoms with Gasteiger partial charge in [-0.3, -0.25) is 0 Å². The number of alkyl carbamates (subject to hydrolysis) is 1. The number of esters is 1. The first-order valence-corrected chi connectivity index (χ1v) is 12.7. The maximum absolute atomic E-state index is 12.4. The summed E-state index contributed by atoms with van der Waals surface area (Å²) in [6, 6.07) is -0.638. The first-order chi connectivity index (χ1) is 14.6. The average Bonchev–Trinajstić information content (AvgIpc) is 2.75. The van der Waals surface area contributed by atoms with E-state index >= 15 is 0 Å². The number of hydrogen-bond donors (Lipinski definition) is 1. The van der Waals surface area contributed by atoms with Gasteiger partial charge in [-0.25, -0.2) is 9.59 Å². The second kappa shape index (κ2) is 21.0. The molecule has 5 heteroatoms. The minimum absolute atomic E-state index is 0.0123. The van der Waals surface area contributed by atoms with Crippen LogP contribution >= 0.6 is 0 Å². The Morgan fingerprint density at radius 3 is 1.63 bits per heavy atom. The zero-order valence-electron chi connectivity index (χ0n) is 20.3. The molecule has 0 rings (SSSR count). The van der Waals surface area contributed by atoms with Crippen LogP contribution in [0.25, 0.3) is 0 Å². The van der Waals surface area contributed by atoms with E-state index in [1.54, 1.807) is 0 Å². The van der Waals surface area contributed by atoms with Gasteiger partial charge in [-0.2, -0.15) is 0 Å². The predicted octanol–water partition coefficient (Wildman–Crippen LogP) is 7.17. The van der Waals surface area contributed by atoms with E-state index in [-0.39, 0.29) is 11.9 Å². The Bertz CT molecular complexity index is 414. The van der Waals surface area contributed by atoms with Gasteiger partial charge in [0.2, 0.25) is 0 Å². The smallest absolute Gasteiger partial charge is 0.407 e. The molecule has 0 aliphatic rings. The summed E-state index contributed by atoms with van der Waals surface area (Å²) in [5, 5.41) is 2.67. The maximum atomic E-state index is 12.4. The van der Waals surface area contributed by atoms with E-state index in [1.165, 1.54) is 70.6 Å². The van der Waals surface area contributed by atoms with Gasteiger partial charge in [-0.1, -0.05) is 111 Å². The van der Waals surface area contributed by atoms with Crippen molar-refractivity contribution in [3.05, 3.63) is 0 Å². The molecule has 0 aromatic rings. The normalized spacial score (nSPS) is 12.9. The Hall–Kier alpha value is -1.26. The highest BCUT2D eigenvalue weighted by atomic mass is 16.6. The lowest BCUT2D eigenvalue weighted by atomic mass is 9.99. The van der Waals surface area contributed by atoms with Crippen molar-refractivity contribution in [3.8, 4) is 0 Å². The fraction of sp³-hybridized carbons (Fsp3) is 0.920. The third-order valence-electron chi connectivity index (χ3n) is 5.67. The molecule has 0 aliphatic heterocycles. The van der Waals surface area contributed by atoms with Gasteiger partial charge >= 0.3 is 12.1 Å². The van der Waals surface area contributed by atoms with E-state index in [0.717, 1.165) is 25.7 Å². The summed E-state index contributed by atoms with van der Waals surface area (Å²) in [6.07, 6.45) is 17.8. The number of carbonyl (C=O) groups excluding carboxylic acids is 2. The fourth-order valence-electron chi connectivity index (χ4n) is 3.41. The van der Waals surface area contributed by atoms with Crippen LogP contribution in [0.15, 0.2) is 0 Å². The molecule has 1 N–H and O–H groups in total. The molecule has 1 unspecified atom stereocenters. The molecular weight excluding hydrogens is 378 g/mol. The number of hydrogen-bond acceptors (Lipinski definition) is 4. The van der Waals surface area contributed by atoms with Crippen molar-refractivity contribution in [2.45, 2.75) is 130 Å². The van der Waals surface area contributed by atoms with E-state index in [1.807, 2.05) is 20.8 Å². The molecule has 30 heavy (non-hydrogen) atoms. The summed E-state index contributed by atoms with van der Waals surface area (Å²) in [5.41, 5.74) is 0. The number of rotatable bonds is 20. The minimum Gasteiger partial charge on any atom is -0.464 e. The van der Waals surface area contributed by atoms with Crippen molar-refractivity contribution in [1.29, 1.82) is 0 Å². The van der Waals surface area contributed by atoms with Crippen LogP contribution in [0.3, 0.4) is 0 Å². The quantitative estimate of drug-likeness (QED) is 0.165. The summed E-state index contributed by atoms with van der Waals surface area (Å²) < 4.78 is 10.5. The molecule has 0 heterocycles. The highest BCUT2D eigenvalue weighted by Crippen LogP contribution is 2.13. The van der Waals surface area contributed by atoms with Crippen LogP contribution in [0.4, 0.5) is 4.79 Å². The van der Waals surface area contributed by atoms with Crippen molar-refractivity contribution >= 4 is 12.1 Å². The van der Waals surface area contributed by atoms with Gasteiger partial charge in [-0.05, 0) is 18.8 Å². The number of unbranched alkanes of at least 4 members (excludes halogenated alkanes) is 12. The molecule has 0 bridgehead atoms. The van der Waals surface area contributed by atoms with Crippen LogP contribution < -0.4 is 5.32 Å². The highest BCUT2D eigenvalue weighted by Gasteiger charge is 2.27. The molecule has 5 nitrogen and oxygen atoms in total. The lowest BCUT2D eigenvalue weighted by Gasteiger charge is -2.22. The molecule has 0 spiro atoms. The summed E-state index contributed by atoms with van der Waals surface area (Å²) in [5.74, 6) is -0.338. The van der Waals surface area contributed by atoms with Crippen molar-refractivity contribution in [2.75, 3.05) is 13.2 Å². The molecule has 1 amide bonds. The first-order valence-electron chi connectivity index (χ1n) is 12.7. The molecule has 0 aliphatic carbocycles. The van der Waals surface area contributed by atoms with Gasteiger partial charge in [0.1, 0.15) is 6.04 Å². The molecule has 2 atom stereocenters. The van der Waals surface area contributed by atoms with Crippen molar-refractivity contribution in [3.63, 3.8) is 0 Å². The number of amides is 1. The molecule has 0 aromatic heterocycles. The van der Waals surface area contributed by atoms with Crippen molar-refractivity contribution in [2.24, 2.45) is 5.92 Å². The lowest BCUT2D eigenvalue weighted by Crippen LogP contribution is -2.46. The first kappa shape index (κ1) is 28.7. The number of carbonyl (C=O) groups is 2. The standard InChI is InChI=1S/C25H49NO4/c1-5-8-9-10-11-12-13-14-15-16-17-18-19-21-29-24(27)23(22(4)7-3)26-25(28)30-20-6-2/h22-23H,5-21H2,1-4H3,(H,26,28)/t22?,23-/m0/s1. The second-order valence-corrected chi connectivity index (χ2v) is 8.55. The van der Waals surface area contributed by atoms with Crippen molar-refractivity contribution in [1.82, 2.24) is 5.32 Å². The van der Waals surface area contributed by atoms with Crippen LogP contribution in [0.1, 0.15) is 124 Å². The Kier molecular flexibility index (Phi) is 20.1. The SMILES string of the molecule is CCCCCCCCCCCCCCCOC(=O)[C@@H](NC(=O)OCCC)C(C)CC. The van der Waals surface area contributed by atoms with Crippen molar-refractivity contribution < 1.29 is 19.1 Å². The average molecular weight is 428 g/mol. The van der Waals surface area contributed by atoms with E-state index in [0.29, 0.717) is 13.2 Å². The Labute approximate surface area is 186 Å². The molecule has 0 fully saturated rings. The van der Waals surface area contributed by atoms with Crippen LogP contribution in [0.5, 0.6) is 0 Å². The number of ether oxygens (including phenoxy) is 2. The minimum atomic E-state index is -0.638. The third kappa shape index (κ3) is 16.5. The predicted molar refractivity (Wildman–Crippen MR) is 125 cm³/mol. The Morgan fingerprint density at radius 1 is 0.667 bits per heavy atom. The zero-order chi connectivity index (χ0) is 22.5. The van der Waals surface area contributed by atoms with E-state index in [4.69, 9.17) is 9.47 Å². The molecule has 0 saturated carbocycles. The Balaban J connectivity index is 3.74. The molecule has 0 aromatic carbocycles. The topological polar surface area (TPSA) is 64.6 Å². The number of nitrogens with one attached hydrogen (secondary N) is 1. The van der Waals surface area contributed by atoms with E-state index < -0.39 is 12.1 Å². The molecule has 0 saturated heterocycles. The van der Waals surface area contributed by atoms with Gasteiger partial charge in [0.05, 0.1) is 13.2 Å². The van der Waals surface area contributed by atoms with Gasteiger partial charge in [0.15, 0.2) is 0 Å². The van der Waals surface area contributed by atoms with Gasteiger partial charge in [0.25, 0.3) is 0 Å². The summed E-state index contributed by atoms with van der Waals surface area (Å²) in [7, 11) is 0. The van der Waals surface area contributed by atoms with Crippen LogP contribution in [-0.4, -0.2) is 31.3 Å². The third-order valence-corrected chi connectivity index (χ3v) is 5.67. The summed E-state index contributed by atoms with van der Waals surface area (Å²) in [6.45, 7) is 8.91. The van der Waals surface area contributed by atoms with Gasteiger partial charge < -0.3 is 14.8 Å². The second-order valence-electron chi connectivity index (χ2n) is 8.55. The molecule has 178 valence electrons. The van der Waals surface area contributed by atoms with Gasteiger partial charge in [-0.15, -0.1) is 0 Å².